The minimum atomic E-state index is -0.223. The molecule has 0 saturated heterocycles. The number of aryl methyl sites for hydroxylation is 2. The Balaban J connectivity index is 1.88. The standard InChI is InChI=1S/C22H28N4O2/c1-15-18-14-23-26(17-10-7-6-8-11-17)21(28)20(18)16(2)25(15)13-9-12-19(27)24-22(3,4)5/h6-8,10-11,14H,9,12-13H2,1-5H3,(H,24,27). The zero-order chi connectivity index (χ0) is 20.5. The van der Waals surface area contributed by atoms with Gasteiger partial charge in [-0.2, -0.15) is 9.78 Å². The lowest BCUT2D eigenvalue weighted by Crippen LogP contribution is -2.40. The van der Waals surface area contributed by atoms with Gasteiger partial charge in [-0.1, -0.05) is 18.2 Å². The Morgan fingerprint density at radius 3 is 2.43 bits per heavy atom. The SMILES string of the molecule is Cc1c2cnn(-c3ccccc3)c(=O)c2c(C)n1CCCC(=O)NC(C)(C)C. The molecular weight excluding hydrogens is 352 g/mol. The van der Waals surface area contributed by atoms with Crippen LogP contribution in [0.1, 0.15) is 45.0 Å². The Bertz CT molecular complexity index is 1060. The van der Waals surface area contributed by atoms with Crippen molar-refractivity contribution in [3.63, 3.8) is 0 Å². The Kier molecular flexibility index (Phi) is 5.40. The van der Waals surface area contributed by atoms with Crippen LogP contribution in [0.2, 0.25) is 0 Å². The van der Waals surface area contributed by atoms with Gasteiger partial charge in [0, 0.05) is 35.3 Å². The van der Waals surface area contributed by atoms with E-state index in [2.05, 4.69) is 15.0 Å². The zero-order valence-corrected chi connectivity index (χ0v) is 17.2. The van der Waals surface area contributed by atoms with E-state index in [-0.39, 0.29) is 17.0 Å². The van der Waals surface area contributed by atoms with Crippen LogP contribution in [-0.4, -0.2) is 25.8 Å². The van der Waals surface area contributed by atoms with Crippen molar-refractivity contribution in [2.45, 2.75) is 59.5 Å². The molecule has 1 amide bonds. The number of hydrogen-bond acceptors (Lipinski definition) is 3. The van der Waals surface area contributed by atoms with Crippen LogP contribution in [0.5, 0.6) is 0 Å². The summed E-state index contributed by atoms with van der Waals surface area (Å²) in [5, 5.41) is 8.91. The number of carbonyl (C=O) groups excluding carboxylic acids is 1. The van der Waals surface area contributed by atoms with Crippen LogP contribution in [0.15, 0.2) is 41.3 Å². The number of nitrogens with zero attached hydrogens (tertiary/aromatic N) is 3. The summed E-state index contributed by atoms with van der Waals surface area (Å²) in [4.78, 5) is 25.1. The van der Waals surface area contributed by atoms with E-state index in [1.54, 1.807) is 6.20 Å². The van der Waals surface area contributed by atoms with Gasteiger partial charge in [0.25, 0.3) is 5.56 Å². The fraction of sp³-hybridized carbons (Fsp3) is 0.409. The van der Waals surface area contributed by atoms with Crippen LogP contribution in [0.25, 0.3) is 16.5 Å². The third-order valence-electron chi connectivity index (χ3n) is 4.84. The van der Waals surface area contributed by atoms with E-state index in [4.69, 9.17) is 0 Å². The van der Waals surface area contributed by atoms with Crippen LogP contribution >= 0.6 is 0 Å². The first-order chi connectivity index (χ1) is 13.2. The summed E-state index contributed by atoms with van der Waals surface area (Å²) in [5.41, 5.74) is 2.33. The van der Waals surface area contributed by atoms with E-state index in [0.29, 0.717) is 24.8 Å². The Hall–Kier alpha value is -2.89. The molecule has 0 aliphatic heterocycles. The summed E-state index contributed by atoms with van der Waals surface area (Å²) in [6.07, 6.45) is 2.93. The van der Waals surface area contributed by atoms with Crippen molar-refractivity contribution in [1.29, 1.82) is 0 Å². The van der Waals surface area contributed by atoms with Gasteiger partial charge < -0.3 is 9.88 Å². The lowest BCUT2D eigenvalue weighted by atomic mass is 10.1. The third-order valence-corrected chi connectivity index (χ3v) is 4.84. The maximum Gasteiger partial charge on any atom is 0.281 e. The molecule has 3 rings (SSSR count). The molecule has 148 valence electrons. The number of benzene rings is 1. The van der Waals surface area contributed by atoms with Gasteiger partial charge in [0.2, 0.25) is 5.91 Å². The van der Waals surface area contributed by atoms with E-state index >= 15 is 0 Å². The van der Waals surface area contributed by atoms with Crippen LogP contribution in [0.4, 0.5) is 0 Å². The average Bonchev–Trinajstić information content (AvgIpc) is 2.86. The van der Waals surface area contributed by atoms with Crippen molar-refractivity contribution >= 4 is 16.7 Å². The number of nitrogens with one attached hydrogen (secondary N) is 1. The predicted octanol–water partition coefficient (Wildman–Crippen LogP) is 3.50. The molecule has 2 heterocycles. The second kappa shape index (κ2) is 7.62. The highest BCUT2D eigenvalue weighted by Crippen LogP contribution is 2.23. The molecule has 3 aromatic rings. The van der Waals surface area contributed by atoms with Gasteiger partial charge in [-0.05, 0) is 53.2 Å². The largest absolute Gasteiger partial charge is 0.352 e. The minimum absolute atomic E-state index is 0.0487. The Labute approximate surface area is 165 Å². The van der Waals surface area contributed by atoms with Crippen molar-refractivity contribution in [1.82, 2.24) is 19.7 Å². The second-order valence-corrected chi connectivity index (χ2v) is 8.21. The van der Waals surface area contributed by atoms with E-state index in [1.165, 1.54) is 4.68 Å². The van der Waals surface area contributed by atoms with Crippen molar-refractivity contribution < 1.29 is 4.79 Å². The minimum Gasteiger partial charge on any atom is -0.352 e. The first-order valence-electron chi connectivity index (χ1n) is 9.63. The third kappa shape index (κ3) is 4.01. The van der Waals surface area contributed by atoms with E-state index < -0.39 is 0 Å². The quantitative estimate of drug-likeness (QED) is 0.737. The smallest absolute Gasteiger partial charge is 0.281 e. The zero-order valence-electron chi connectivity index (χ0n) is 17.2. The lowest BCUT2D eigenvalue weighted by molar-refractivity contribution is -0.122. The van der Waals surface area contributed by atoms with E-state index in [9.17, 15) is 9.59 Å². The van der Waals surface area contributed by atoms with Crippen LogP contribution in [0.3, 0.4) is 0 Å². The van der Waals surface area contributed by atoms with Gasteiger partial charge in [0.05, 0.1) is 17.3 Å². The first-order valence-corrected chi connectivity index (χ1v) is 9.63. The summed E-state index contributed by atoms with van der Waals surface area (Å²) in [6, 6.07) is 9.42. The molecule has 2 aromatic heterocycles. The molecule has 0 radical (unpaired) electrons. The molecule has 0 aliphatic carbocycles. The highest BCUT2D eigenvalue weighted by molar-refractivity contribution is 5.87. The van der Waals surface area contributed by atoms with Gasteiger partial charge in [-0.15, -0.1) is 0 Å². The summed E-state index contributed by atoms with van der Waals surface area (Å²) < 4.78 is 3.56. The van der Waals surface area contributed by atoms with Crippen molar-refractivity contribution in [2.75, 3.05) is 0 Å². The number of fused-ring (bicyclic) bond motifs is 1. The molecule has 1 N–H and O–H groups in total. The number of amides is 1. The van der Waals surface area contributed by atoms with Gasteiger partial charge in [-0.25, -0.2) is 0 Å². The molecule has 6 nitrogen and oxygen atoms in total. The van der Waals surface area contributed by atoms with Crippen LogP contribution < -0.4 is 10.9 Å². The van der Waals surface area contributed by atoms with Gasteiger partial charge in [0.15, 0.2) is 0 Å². The maximum absolute atomic E-state index is 13.1. The molecular formula is C22H28N4O2. The maximum atomic E-state index is 13.1. The molecule has 0 bridgehead atoms. The number of aromatic nitrogens is 3. The van der Waals surface area contributed by atoms with Gasteiger partial charge in [0.1, 0.15) is 0 Å². The van der Waals surface area contributed by atoms with Gasteiger partial charge >= 0.3 is 0 Å². The summed E-state index contributed by atoms with van der Waals surface area (Å²) in [5.74, 6) is 0.0487. The molecule has 0 atom stereocenters. The van der Waals surface area contributed by atoms with Crippen molar-refractivity contribution in [3.05, 3.63) is 58.3 Å². The molecule has 0 fully saturated rings. The summed E-state index contributed by atoms with van der Waals surface area (Å²) in [7, 11) is 0. The fourth-order valence-corrected chi connectivity index (χ4v) is 3.58. The fourth-order valence-electron chi connectivity index (χ4n) is 3.58. The predicted molar refractivity (Wildman–Crippen MR) is 112 cm³/mol. The van der Waals surface area contributed by atoms with Crippen LogP contribution in [-0.2, 0) is 11.3 Å². The normalized spacial score (nSPS) is 11.8. The Morgan fingerprint density at radius 1 is 1.11 bits per heavy atom. The number of carbonyl (C=O) groups is 1. The number of rotatable bonds is 5. The molecule has 0 aliphatic rings. The molecule has 0 unspecified atom stereocenters. The second-order valence-electron chi connectivity index (χ2n) is 8.21. The van der Waals surface area contributed by atoms with E-state index in [1.807, 2.05) is 65.0 Å². The van der Waals surface area contributed by atoms with Crippen molar-refractivity contribution in [2.24, 2.45) is 0 Å². The van der Waals surface area contributed by atoms with Crippen molar-refractivity contribution in [3.8, 4) is 5.69 Å². The molecule has 28 heavy (non-hydrogen) atoms. The molecule has 1 aromatic carbocycles. The highest BCUT2D eigenvalue weighted by atomic mass is 16.1. The highest BCUT2D eigenvalue weighted by Gasteiger charge is 2.17. The topological polar surface area (TPSA) is 68.9 Å². The Morgan fingerprint density at radius 2 is 1.79 bits per heavy atom. The molecule has 0 saturated carbocycles. The summed E-state index contributed by atoms with van der Waals surface area (Å²) >= 11 is 0. The monoisotopic (exact) mass is 380 g/mol. The van der Waals surface area contributed by atoms with Crippen LogP contribution in [0, 0.1) is 13.8 Å². The summed E-state index contributed by atoms with van der Waals surface area (Å²) in [6.45, 7) is 10.6. The number of hydrogen-bond donors (Lipinski definition) is 1. The first kappa shape index (κ1) is 19.9. The average molecular weight is 380 g/mol. The van der Waals surface area contributed by atoms with Gasteiger partial charge in [-0.3, -0.25) is 9.59 Å². The lowest BCUT2D eigenvalue weighted by Gasteiger charge is -2.20. The molecule has 0 spiro atoms. The number of para-hydroxylation sites is 1. The molecule has 6 heteroatoms. The van der Waals surface area contributed by atoms with E-state index in [0.717, 1.165) is 22.5 Å².